The molecule has 1 heterocycles. The smallest absolute Gasteiger partial charge is 0.290 e. The van der Waals surface area contributed by atoms with E-state index < -0.39 is 18.4 Å². The minimum Gasteiger partial charge on any atom is -0.346 e. The van der Waals surface area contributed by atoms with Crippen LogP contribution in [0.4, 0.5) is 8.78 Å². The molecule has 1 N–H and O–H groups in total. The summed E-state index contributed by atoms with van der Waals surface area (Å²) >= 11 is 1.38. The average Bonchev–Trinajstić information content (AvgIpc) is 2.78. The number of alkyl halides is 2. The highest BCUT2D eigenvalue weighted by Gasteiger charge is 2.34. The Hall–Kier alpha value is -3.25. The first kappa shape index (κ1) is 22.0. The second kappa shape index (κ2) is 9.09. The zero-order valence-corrected chi connectivity index (χ0v) is 18.5. The third-order valence-electron chi connectivity index (χ3n) is 5.19. The zero-order chi connectivity index (χ0) is 22.7. The van der Waals surface area contributed by atoms with Crippen LogP contribution in [-0.4, -0.2) is 17.4 Å². The van der Waals surface area contributed by atoms with Crippen molar-refractivity contribution in [1.82, 2.24) is 10.3 Å². The van der Waals surface area contributed by atoms with Crippen LogP contribution >= 0.6 is 11.8 Å². The Morgan fingerprint density at radius 2 is 1.72 bits per heavy atom. The van der Waals surface area contributed by atoms with Crippen molar-refractivity contribution in [3.63, 3.8) is 0 Å². The van der Waals surface area contributed by atoms with Gasteiger partial charge >= 0.3 is 0 Å². The van der Waals surface area contributed by atoms with Crippen molar-refractivity contribution in [2.75, 3.05) is 6.54 Å². The van der Waals surface area contributed by atoms with Gasteiger partial charge in [0, 0.05) is 26.9 Å². The Kier molecular flexibility index (Phi) is 6.24. The summed E-state index contributed by atoms with van der Waals surface area (Å²) in [5, 5.41) is 3.09. The van der Waals surface area contributed by atoms with Gasteiger partial charge in [0.2, 0.25) is 0 Å². The molecule has 1 amide bonds. The lowest BCUT2D eigenvalue weighted by Gasteiger charge is -2.20. The molecule has 0 radical (unpaired) electrons. The van der Waals surface area contributed by atoms with Crippen LogP contribution in [0.5, 0.6) is 0 Å². The minimum atomic E-state index is -3.19. The number of rotatable bonds is 6. The second-order valence-electron chi connectivity index (χ2n) is 7.64. The summed E-state index contributed by atoms with van der Waals surface area (Å²) in [7, 11) is 0. The summed E-state index contributed by atoms with van der Waals surface area (Å²) in [6.07, 6.45) is 1.62. The Balaban J connectivity index is 1.65. The van der Waals surface area contributed by atoms with Gasteiger partial charge < -0.3 is 5.32 Å². The molecule has 0 fully saturated rings. The summed E-state index contributed by atoms with van der Waals surface area (Å²) in [6.45, 7) is 2.72. The number of carbonyl (C=O) groups is 1. The SMILES string of the molecule is Cc1ccc(C(F)(F)CNC(=O)c2c(Sc3ccccc3)cnc3ccccc23)c(C)c1. The fourth-order valence-electron chi connectivity index (χ4n) is 3.65. The predicted molar refractivity (Wildman–Crippen MR) is 124 cm³/mol. The molecular weight excluding hydrogens is 426 g/mol. The number of benzene rings is 3. The number of fused-ring (bicyclic) bond motifs is 1. The van der Waals surface area contributed by atoms with Crippen LogP contribution in [0.15, 0.2) is 88.8 Å². The third-order valence-corrected chi connectivity index (χ3v) is 6.22. The molecule has 1 aromatic heterocycles. The van der Waals surface area contributed by atoms with Gasteiger partial charge in [-0.15, -0.1) is 0 Å². The molecule has 3 nitrogen and oxygen atoms in total. The van der Waals surface area contributed by atoms with E-state index in [-0.39, 0.29) is 5.56 Å². The number of aryl methyl sites for hydroxylation is 2. The third kappa shape index (κ3) is 4.65. The van der Waals surface area contributed by atoms with E-state index in [0.717, 1.165) is 10.5 Å². The molecule has 0 spiro atoms. The summed E-state index contributed by atoms with van der Waals surface area (Å²) in [6, 6.07) is 21.6. The molecule has 0 aliphatic heterocycles. The molecule has 4 aromatic rings. The average molecular weight is 449 g/mol. The Bertz CT molecular complexity index is 1280. The number of halogens is 2. The van der Waals surface area contributed by atoms with Crippen molar-refractivity contribution < 1.29 is 13.6 Å². The van der Waals surface area contributed by atoms with Crippen molar-refractivity contribution >= 4 is 28.6 Å². The molecule has 0 aliphatic rings. The van der Waals surface area contributed by atoms with E-state index in [1.165, 1.54) is 17.8 Å². The normalized spacial score (nSPS) is 11.5. The minimum absolute atomic E-state index is 0.0816. The summed E-state index contributed by atoms with van der Waals surface area (Å²) in [5.41, 5.74) is 2.31. The van der Waals surface area contributed by atoms with Gasteiger partial charge in [0.15, 0.2) is 0 Å². The van der Waals surface area contributed by atoms with E-state index in [2.05, 4.69) is 10.3 Å². The molecule has 162 valence electrons. The van der Waals surface area contributed by atoms with Crippen LogP contribution in [0.3, 0.4) is 0 Å². The molecule has 3 aromatic carbocycles. The first-order valence-corrected chi connectivity index (χ1v) is 11.0. The maximum Gasteiger partial charge on any atom is 0.290 e. The number of nitrogens with one attached hydrogen (secondary N) is 1. The molecule has 0 saturated carbocycles. The van der Waals surface area contributed by atoms with Gasteiger partial charge in [-0.2, -0.15) is 8.78 Å². The molecule has 32 heavy (non-hydrogen) atoms. The van der Waals surface area contributed by atoms with Gasteiger partial charge in [0.1, 0.15) is 0 Å². The van der Waals surface area contributed by atoms with Gasteiger partial charge in [0.05, 0.1) is 17.6 Å². The van der Waals surface area contributed by atoms with Crippen molar-refractivity contribution in [2.45, 2.75) is 29.6 Å². The highest BCUT2D eigenvalue weighted by molar-refractivity contribution is 7.99. The second-order valence-corrected chi connectivity index (χ2v) is 8.75. The van der Waals surface area contributed by atoms with Gasteiger partial charge in [-0.1, -0.05) is 71.9 Å². The van der Waals surface area contributed by atoms with Crippen LogP contribution < -0.4 is 5.32 Å². The number of amides is 1. The Morgan fingerprint density at radius 1 is 1.00 bits per heavy atom. The zero-order valence-electron chi connectivity index (χ0n) is 17.7. The quantitative estimate of drug-likeness (QED) is 0.365. The Labute approximate surface area is 189 Å². The van der Waals surface area contributed by atoms with Gasteiger partial charge in [-0.3, -0.25) is 9.78 Å². The molecule has 0 atom stereocenters. The lowest BCUT2D eigenvalue weighted by Crippen LogP contribution is -2.35. The lowest BCUT2D eigenvalue weighted by molar-refractivity contribution is -0.00308. The van der Waals surface area contributed by atoms with Crippen LogP contribution in [0.25, 0.3) is 10.9 Å². The summed E-state index contributed by atoms with van der Waals surface area (Å²) < 4.78 is 29.9. The van der Waals surface area contributed by atoms with E-state index >= 15 is 0 Å². The fourth-order valence-corrected chi connectivity index (χ4v) is 4.61. The molecule has 0 saturated heterocycles. The highest BCUT2D eigenvalue weighted by Crippen LogP contribution is 2.34. The predicted octanol–water partition coefficient (Wildman–Crippen LogP) is 6.52. The monoisotopic (exact) mass is 448 g/mol. The van der Waals surface area contributed by atoms with Crippen LogP contribution in [0.1, 0.15) is 27.0 Å². The van der Waals surface area contributed by atoms with E-state index in [9.17, 15) is 13.6 Å². The van der Waals surface area contributed by atoms with Crippen LogP contribution in [0.2, 0.25) is 0 Å². The highest BCUT2D eigenvalue weighted by atomic mass is 32.2. The fraction of sp³-hybridized carbons (Fsp3) is 0.154. The number of carbonyl (C=O) groups excluding carboxylic acids is 1. The van der Waals surface area contributed by atoms with Crippen LogP contribution in [0, 0.1) is 13.8 Å². The van der Waals surface area contributed by atoms with E-state index in [1.54, 1.807) is 37.4 Å². The van der Waals surface area contributed by atoms with Gasteiger partial charge in [-0.05, 0) is 37.6 Å². The number of nitrogens with zero attached hydrogens (tertiary/aromatic N) is 1. The number of pyridine rings is 1. The van der Waals surface area contributed by atoms with Crippen molar-refractivity contribution in [3.8, 4) is 0 Å². The Morgan fingerprint density at radius 3 is 2.47 bits per heavy atom. The molecule has 6 heteroatoms. The molecule has 0 aliphatic carbocycles. The number of aromatic nitrogens is 1. The number of hydrogen-bond donors (Lipinski definition) is 1. The van der Waals surface area contributed by atoms with Crippen molar-refractivity contribution in [3.05, 3.63) is 101 Å². The molecule has 0 unspecified atom stereocenters. The van der Waals surface area contributed by atoms with E-state index in [1.807, 2.05) is 49.4 Å². The standard InChI is InChI=1S/C26H22F2N2OS/c1-17-12-13-21(18(2)14-17)26(27,28)16-30-25(31)24-20-10-6-7-11-22(20)29-15-23(24)32-19-8-4-3-5-9-19/h3-15H,16H2,1-2H3,(H,30,31). The number of para-hydroxylation sites is 1. The largest absolute Gasteiger partial charge is 0.346 e. The van der Waals surface area contributed by atoms with Gasteiger partial charge in [-0.25, -0.2) is 0 Å². The van der Waals surface area contributed by atoms with E-state index in [0.29, 0.717) is 26.9 Å². The van der Waals surface area contributed by atoms with Crippen molar-refractivity contribution in [2.24, 2.45) is 0 Å². The first-order valence-electron chi connectivity index (χ1n) is 10.2. The maximum absolute atomic E-state index is 15.0. The molecule has 4 rings (SSSR count). The number of hydrogen-bond acceptors (Lipinski definition) is 3. The maximum atomic E-state index is 15.0. The van der Waals surface area contributed by atoms with E-state index in [4.69, 9.17) is 0 Å². The van der Waals surface area contributed by atoms with Crippen molar-refractivity contribution in [1.29, 1.82) is 0 Å². The van der Waals surface area contributed by atoms with Gasteiger partial charge in [0.25, 0.3) is 11.8 Å². The lowest BCUT2D eigenvalue weighted by atomic mass is 10.00. The summed E-state index contributed by atoms with van der Waals surface area (Å²) in [5.74, 6) is -3.74. The topological polar surface area (TPSA) is 42.0 Å². The van der Waals surface area contributed by atoms with Crippen LogP contribution in [-0.2, 0) is 5.92 Å². The molecular formula is C26H22F2N2OS. The molecule has 0 bridgehead atoms. The first-order chi connectivity index (χ1) is 15.3. The summed E-state index contributed by atoms with van der Waals surface area (Å²) in [4.78, 5) is 19.2.